The maximum atomic E-state index is 13.2. The summed E-state index contributed by atoms with van der Waals surface area (Å²) in [6, 6.07) is 0.0208. The number of aromatic hydroxyl groups is 1. The van der Waals surface area contributed by atoms with Crippen molar-refractivity contribution in [2.75, 3.05) is 13.1 Å². The molecule has 11 heteroatoms. The minimum absolute atomic E-state index is 0.0208. The summed E-state index contributed by atoms with van der Waals surface area (Å²) in [6.07, 6.45) is 6.50. The molecule has 1 aliphatic carbocycles. The van der Waals surface area contributed by atoms with Gasteiger partial charge in [0, 0.05) is 37.3 Å². The van der Waals surface area contributed by atoms with Crippen molar-refractivity contribution >= 4 is 29.4 Å². The summed E-state index contributed by atoms with van der Waals surface area (Å²) in [5.41, 5.74) is 5.10. The van der Waals surface area contributed by atoms with Gasteiger partial charge in [-0.2, -0.15) is 9.61 Å². The highest BCUT2D eigenvalue weighted by molar-refractivity contribution is 5.97. The number of hydrogen-bond acceptors (Lipinski definition) is 6. The molecule has 0 bridgehead atoms. The molecule has 2 aromatic heterocycles. The molecule has 0 spiro atoms. The van der Waals surface area contributed by atoms with Crippen LogP contribution in [0, 0.1) is 11.8 Å². The molecule has 3 heterocycles. The zero-order chi connectivity index (χ0) is 23.9. The molecule has 176 valence electrons. The van der Waals surface area contributed by atoms with Crippen molar-refractivity contribution < 1.29 is 19.5 Å². The van der Waals surface area contributed by atoms with Gasteiger partial charge in [-0.15, -0.1) is 0 Å². The van der Waals surface area contributed by atoms with Crippen molar-refractivity contribution in [1.29, 1.82) is 0 Å². The molecule has 3 amide bonds. The standard InChI is InChI=1S/C22H28N6O5/c1-12(2)10-27-20-13(3-6-16(29)26-8-7-14(11-26)18(23)30)9-24-28(20)22(33)17(21(27)32)19(31)25-15-4-5-15/h3,6,9,12,14-15,33H,4-5,7-8,10-11H2,1-2H3,(H2,23,30)(H,25,31)/b6-3+/t14-/m0/s1. The molecule has 0 aromatic carbocycles. The van der Waals surface area contributed by atoms with E-state index in [9.17, 15) is 24.3 Å². The smallest absolute Gasteiger partial charge is 0.270 e. The summed E-state index contributed by atoms with van der Waals surface area (Å²) in [7, 11) is 0. The van der Waals surface area contributed by atoms with Gasteiger partial charge in [-0.3, -0.25) is 23.7 Å². The fraction of sp³-hybridized carbons (Fsp3) is 0.500. The first kappa shape index (κ1) is 22.6. The van der Waals surface area contributed by atoms with Crippen molar-refractivity contribution in [2.24, 2.45) is 17.6 Å². The fourth-order valence-electron chi connectivity index (χ4n) is 4.01. The molecule has 4 N–H and O–H groups in total. The van der Waals surface area contributed by atoms with Crippen molar-refractivity contribution in [1.82, 2.24) is 24.4 Å². The van der Waals surface area contributed by atoms with Crippen LogP contribution in [0.5, 0.6) is 5.88 Å². The summed E-state index contributed by atoms with van der Waals surface area (Å²) in [5.74, 6) is -2.16. The quantitative estimate of drug-likeness (QED) is 0.503. The summed E-state index contributed by atoms with van der Waals surface area (Å²) in [6.45, 7) is 4.85. The molecular weight excluding hydrogens is 428 g/mol. The maximum absolute atomic E-state index is 13.2. The predicted octanol–water partition coefficient (Wildman–Crippen LogP) is 0.0968. The van der Waals surface area contributed by atoms with E-state index in [1.807, 2.05) is 13.8 Å². The molecule has 4 rings (SSSR count). The molecule has 1 saturated carbocycles. The Balaban J connectivity index is 1.70. The third-order valence-corrected chi connectivity index (χ3v) is 5.91. The molecule has 1 aliphatic heterocycles. The van der Waals surface area contributed by atoms with Crippen LogP contribution in [0.3, 0.4) is 0 Å². The lowest BCUT2D eigenvalue weighted by molar-refractivity contribution is -0.125. The van der Waals surface area contributed by atoms with E-state index < -0.39 is 23.3 Å². The normalized spacial score (nSPS) is 18.5. The van der Waals surface area contributed by atoms with E-state index in [1.165, 1.54) is 27.8 Å². The first-order valence-corrected chi connectivity index (χ1v) is 11.1. The van der Waals surface area contributed by atoms with E-state index >= 15 is 0 Å². The number of nitrogens with zero attached hydrogens (tertiary/aromatic N) is 4. The van der Waals surface area contributed by atoms with Crippen molar-refractivity contribution in [2.45, 2.75) is 45.7 Å². The van der Waals surface area contributed by atoms with Gasteiger partial charge in [0.2, 0.25) is 17.7 Å². The van der Waals surface area contributed by atoms with Crippen molar-refractivity contribution in [3.63, 3.8) is 0 Å². The number of aromatic nitrogens is 3. The third kappa shape index (κ3) is 4.48. The number of carbonyl (C=O) groups excluding carboxylic acids is 3. The van der Waals surface area contributed by atoms with Gasteiger partial charge in [0.25, 0.3) is 11.5 Å². The SMILES string of the molecule is CC(C)Cn1c(=O)c(C(=O)NC2CC2)c(O)n2ncc(/C=C/C(=O)N3CC[C@H](C(N)=O)C3)c12. The predicted molar refractivity (Wildman–Crippen MR) is 119 cm³/mol. The molecular formula is C22H28N6O5. The minimum Gasteiger partial charge on any atom is -0.492 e. The second-order valence-corrected chi connectivity index (χ2v) is 9.10. The fourth-order valence-corrected chi connectivity index (χ4v) is 4.01. The Kier molecular flexibility index (Phi) is 5.96. The summed E-state index contributed by atoms with van der Waals surface area (Å²) in [5, 5.41) is 17.6. The number of hydrogen-bond donors (Lipinski definition) is 3. The van der Waals surface area contributed by atoms with Crippen LogP contribution in [0.4, 0.5) is 0 Å². The number of nitrogens with one attached hydrogen (secondary N) is 1. The van der Waals surface area contributed by atoms with Crippen LogP contribution in [-0.4, -0.2) is 61.0 Å². The van der Waals surface area contributed by atoms with E-state index in [0.29, 0.717) is 25.1 Å². The van der Waals surface area contributed by atoms with E-state index in [4.69, 9.17) is 5.73 Å². The van der Waals surface area contributed by atoms with E-state index in [2.05, 4.69) is 10.4 Å². The number of fused-ring (bicyclic) bond motifs is 1. The Labute approximate surface area is 189 Å². The monoisotopic (exact) mass is 456 g/mol. The van der Waals surface area contributed by atoms with Gasteiger partial charge in [0.1, 0.15) is 5.65 Å². The molecule has 11 nitrogen and oxygen atoms in total. The lowest BCUT2D eigenvalue weighted by Crippen LogP contribution is -2.36. The van der Waals surface area contributed by atoms with Crippen LogP contribution in [0.1, 0.15) is 49.0 Å². The maximum Gasteiger partial charge on any atom is 0.270 e. The van der Waals surface area contributed by atoms with Gasteiger partial charge >= 0.3 is 0 Å². The number of nitrogens with two attached hydrogens (primary N) is 1. The van der Waals surface area contributed by atoms with Crippen LogP contribution < -0.4 is 16.6 Å². The van der Waals surface area contributed by atoms with E-state index in [-0.39, 0.29) is 41.5 Å². The topological polar surface area (TPSA) is 152 Å². The van der Waals surface area contributed by atoms with Crippen molar-refractivity contribution in [3.05, 3.63) is 33.8 Å². The van der Waals surface area contributed by atoms with Gasteiger partial charge in [0.15, 0.2) is 5.56 Å². The first-order valence-electron chi connectivity index (χ1n) is 11.1. The Hall–Kier alpha value is -3.63. The molecule has 1 atom stereocenters. The Morgan fingerprint density at radius 1 is 1.30 bits per heavy atom. The Bertz CT molecular complexity index is 1210. The highest BCUT2D eigenvalue weighted by atomic mass is 16.3. The number of amides is 3. The number of likely N-dealkylation sites (tertiary alicyclic amines) is 1. The summed E-state index contributed by atoms with van der Waals surface area (Å²) < 4.78 is 2.55. The van der Waals surface area contributed by atoms with Crippen molar-refractivity contribution in [3.8, 4) is 5.88 Å². The van der Waals surface area contributed by atoms with Crippen LogP contribution in [0.2, 0.25) is 0 Å². The summed E-state index contributed by atoms with van der Waals surface area (Å²) >= 11 is 0. The van der Waals surface area contributed by atoms with Gasteiger partial charge < -0.3 is 21.1 Å². The summed E-state index contributed by atoms with van der Waals surface area (Å²) in [4.78, 5) is 51.4. The average molecular weight is 457 g/mol. The lowest BCUT2D eigenvalue weighted by atomic mass is 10.1. The highest BCUT2D eigenvalue weighted by Crippen LogP contribution is 2.24. The second-order valence-electron chi connectivity index (χ2n) is 9.10. The highest BCUT2D eigenvalue weighted by Gasteiger charge is 2.30. The average Bonchev–Trinajstić information content (AvgIpc) is 3.26. The molecule has 33 heavy (non-hydrogen) atoms. The van der Waals surface area contributed by atoms with Crippen LogP contribution in [-0.2, 0) is 16.1 Å². The molecule has 2 aromatic rings. The van der Waals surface area contributed by atoms with Gasteiger partial charge in [-0.25, -0.2) is 0 Å². The number of rotatable bonds is 7. The molecule has 2 aliphatic rings. The van der Waals surface area contributed by atoms with Gasteiger partial charge in [-0.1, -0.05) is 13.8 Å². The Morgan fingerprint density at radius 3 is 2.64 bits per heavy atom. The molecule has 0 unspecified atom stereocenters. The third-order valence-electron chi connectivity index (χ3n) is 5.91. The van der Waals surface area contributed by atoms with Gasteiger partial charge in [-0.05, 0) is 31.3 Å². The van der Waals surface area contributed by atoms with Crippen LogP contribution in [0.25, 0.3) is 11.7 Å². The Morgan fingerprint density at radius 2 is 2.03 bits per heavy atom. The van der Waals surface area contributed by atoms with E-state index in [0.717, 1.165) is 17.4 Å². The molecule has 0 radical (unpaired) electrons. The lowest BCUT2D eigenvalue weighted by Gasteiger charge is -2.15. The molecule has 1 saturated heterocycles. The van der Waals surface area contributed by atoms with E-state index in [1.54, 1.807) is 0 Å². The number of primary amides is 1. The van der Waals surface area contributed by atoms with Crippen LogP contribution in [0.15, 0.2) is 17.1 Å². The molecule has 2 fully saturated rings. The van der Waals surface area contributed by atoms with Crippen LogP contribution >= 0.6 is 0 Å². The zero-order valence-electron chi connectivity index (χ0n) is 18.7. The largest absolute Gasteiger partial charge is 0.492 e. The zero-order valence-corrected chi connectivity index (χ0v) is 18.7. The minimum atomic E-state index is -0.625. The first-order chi connectivity index (χ1) is 15.7. The second kappa shape index (κ2) is 8.72. The van der Waals surface area contributed by atoms with Gasteiger partial charge in [0.05, 0.1) is 12.1 Å². The number of carbonyl (C=O) groups is 3.